The summed E-state index contributed by atoms with van der Waals surface area (Å²) in [6.45, 7) is 4.27. The van der Waals surface area contributed by atoms with Gasteiger partial charge in [-0.1, -0.05) is 0 Å². The minimum atomic E-state index is -1.24. The Morgan fingerprint density at radius 3 is 2.57 bits per heavy atom. The highest BCUT2D eigenvalue weighted by Gasteiger charge is 2.44. The fourth-order valence-electron chi connectivity index (χ4n) is 3.00. The average molecular weight is 408 g/mol. The number of aliphatic hydroxyl groups is 1. The maximum atomic E-state index is 11.6. The van der Waals surface area contributed by atoms with E-state index in [1.807, 2.05) is 0 Å². The van der Waals surface area contributed by atoms with Crippen molar-refractivity contribution in [2.75, 3.05) is 5.75 Å². The van der Waals surface area contributed by atoms with Crippen LogP contribution in [0.5, 0.6) is 5.75 Å². The van der Waals surface area contributed by atoms with Crippen LogP contribution in [0, 0.1) is 6.92 Å². The topological polar surface area (TPSA) is 112 Å². The van der Waals surface area contributed by atoms with E-state index in [4.69, 9.17) is 18.6 Å². The Labute approximate surface area is 164 Å². The zero-order chi connectivity index (χ0) is 20.4. The number of hydrogen-bond donors (Lipinski definition) is 1. The van der Waals surface area contributed by atoms with Crippen molar-refractivity contribution in [3.63, 3.8) is 0 Å². The monoisotopic (exact) mass is 408 g/mol. The summed E-state index contributed by atoms with van der Waals surface area (Å²) in [6.07, 6.45) is -3.09. The molecular weight excluding hydrogens is 388 g/mol. The number of thioether (sulfide) groups is 1. The molecule has 4 atom stereocenters. The number of aliphatic hydroxyl groups excluding tert-OH is 1. The maximum Gasteiger partial charge on any atom is 0.336 e. The number of carbonyl (C=O) groups is 2. The molecule has 0 bridgehead atoms. The highest BCUT2D eigenvalue weighted by Crippen LogP contribution is 2.33. The molecule has 0 amide bonds. The van der Waals surface area contributed by atoms with Crippen LogP contribution in [-0.2, 0) is 19.1 Å². The lowest BCUT2D eigenvalue weighted by atomic mass is 10.1. The van der Waals surface area contributed by atoms with Crippen LogP contribution >= 0.6 is 11.8 Å². The summed E-state index contributed by atoms with van der Waals surface area (Å²) in [5.74, 6) is -0.480. The molecule has 0 radical (unpaired) electrons. The van der Waals surface area contributed by atoms with Crippen LogP contribution < -0.4 is 10.4 Å². The standard InChI is InChI=1S/C19H20O8S/c1-9-6-16(22)27-14-7-12(4-5-13(9)14)26-19-18(25-11(3)21)17(23)15(8-28-19)24-10(2)20/h4-7,15,17-19,23H,8H2,1-3H3/t15-,17+,18-,19-/m1/s1. The summed E-state index contributed by atoms with van der Waals surface area (Å²) in [5.41, 5.74) is -0.0562. The Hall–Kier alpha value is -2.52. The molecular formula is C19H20O8S. The van der Waals surface area contributed by atoms with Crippen molar-refractivity contribution in [2.45, 2.75) is 44.5 Å². The molecule has 0 unspecified atom stereocenters. The van der Waals surface area contributed by atoms with E-state index >= 15 is 0 Å². The lowest BCUT2D eigenvalue weighted by Gasteiger charge is -2.38. The van der Waals surface area contributed by atoms with Crippen molar-refractivity contribution < 1.29 is 33.3 Å². The Kier molecular flexibility index (Phi) is 5.95. The van der Waals surface area contributed by atoms with Crippen LogP contribution in [0.2, 0.25) is 0 Å². The van der Waals surface area contributed by atoms with Gasteiger partial charge in [-0.15, -0.1) is 11.8 Å². The number of ether oxygens (including phenoxy) is 3. The first-order valence-corrected chi connectivity index (χ1v) is 9.65. The fraction of sp³-hybridized carbons (Fsp3) is 0.421. The van der Waals surface area contributed by atoms with Gasteiger partial charge in [0.1, 0.15) is 23.5 Å². The van der Waals surface area contributed by atoms with E-state index < -0.39 is 41.3 Å². The van der Waals surface area contributed by atoms with Gasteiger partial charge in [-0.05, 0) is 24.6 Å². The molecule has 3 rings (SSSR count). The van der Waals surface area contributed by atoms with E-state index in [0.717, 1.165) is 10.9 Å². The molecule has 1 N–H and O–H groups in total. The molecule has 1 fully saturated rings. The number of fused-ring (bicyclic) bond motifs is 1. The maximum absolute atomic E-state index is 11.6. The van der Waals surface area contributed by atoms with E-state index in [0.29, 0.717) is 11.3 Å². The minimum absolute atomic E-state index is 0.269. The first-order valence-electron chi connectivity index (χ1n) is 8.60. The average Bonchev–Trinajstić information content (AvgIpc) is 2.59. The number of aryl methyl sites for hydroxylation is 1. The van der Waals surface area contributed by atoms with Crippen LogP contribution in [0.4, 0.5) is 0 Å². The highest BCUT2D eigenvalue weighted by atomic mass is 32.2. The lowest BCUT2D eigenvalue weighted by molar-refractivity contribution is -0.171. The van der Waals surface area contributed by atoms with Gasteiger partial charge in [-0.2, -0.15) is 0 Å². The van der Waals surface area contributed by atoms with Crippen LogP contribution in [-0.4, -0.2) is 46.5 Å². The normalized spacial score (nSPS) is 24.6. The van der Waals surface area contributed by atoms with E-state index in [2.05, 4.69) is 0 Å². The first kappa shape index (κ1) is 20.2. The number of hydrogen-bond acceptors (Lipinski definition) is 9. The number of carbonyl (C=O) groups excluding carboxylic acids is 2. The summed E-state index contributed by atoms with van der Waals surface area (Å²) < 4.78 is 21.4. The minimum Gasteiger partial charge on any atom is -0.476 e. The van der Waals surface area contributed by atoms with Crippen molar-refractivity contribution in [2.24, 2.45) is 0 Å². The van der Waals surface area contributed by atoms with Crippen LogP contribution in [0.1, 0.15) is 19.4 Å². The van der Waals surface area contributed by atoms with Gasteiger partial charge < -0.3 is 23.7 Å². The van der Waals surface area contributed by atoms with Gasteiger partial charge in [0.2, 0.25) is 0 Å². The molecule has 0 saturated carbocycles. The molecule has 8 nitrogen and oxygen atoms in total. The summed E-state index contributed by atoms with van der Waals surface area (Å²) in [4.78, 5) is 34.3. The Bertz CT molecular complexity index is 953. The second-order valence-corrected chi connectivity index (χ2v) is 7.57. The van der Waals surface area contributed by atoms with Crippen LogP contribution in [0.25, 0.3) is 11.0 Å². The predicted octanol–water partition coefficient (Wildman–Crippen LogP) is 1.78. The molecule has 0 spiro atoms. The first-order chi connectivity index (χ1) is 13.2. The highest BCUT2D eigenvalue weighted by molar-refractivity contribution is 7.99. The van der Waals surface area contributed by atoms with E-state index in [1.54, 1.807) is 25.1 Å². The lowest BCUT2D eigenvalue weighted by Crippen LogP contribution is -2.54. The summed E-state index contributed by atoms with van der Waals surface area (Å²) >= 11 is 1.24. The molecule has 1 aliphatic heterocycles. The third kappa shape index (κ3) is 4.48. The molecule has 2 heterocycles. The van der Waals surface area contributed by atoms with Crippen molar-refractivity contribution in [3.8, 4) is 5.75 Å². The molecule has 1 saturated heterocycles. The summed E-state index contributed by atoms with van der Waals surface area (Å²) in [5, 5.41) is 11.3. The van der Waals surface area contributed by atoms with Gasteiger partial charge >= 0.3 is 17.6 Å². The van der Waals surface area contributed by atoms with Gasteiger partial charge in [-0.25, -0.2) is 4.79 Å². The Morgan fingerprint density at radius 2 is 1.89 bits per heavy atom. The quantitative estimate of drug-likeness (QED) is 0.597. The number of rotatable bonds is 4. The van der Waals surface area contributed by atoms with Gasteiger partial charge in [0.15, 0.2) is 11.5 Å². The Morgan fingerprint density at radius 1 is 1.18 bits per heavy atom. The second-order valence-electron chi connectivity index (χ2n) is 6.44. The van der Waals surface area contributed by atoms with Gasteiger partial charge in [0, 0.05) is 37.1 Å². The van der Waals surface area contributed by atoms with Gasteiger partial charge in [0.05, 0.1) is 0 Å². The fourth-order valence-corrected chi connectivity index (χ4v) is 4.23. The molecule has 0 aliphatic carbocycles. The zero-order valence-corrected chi connectivity index (χ0v) is 16.4. The van der Waals surface area contributed by atoms with Crippen molar-refractivity contribution in [3.05, 3.63) is 40.2 Å². The summed E-state index contributed by atoms with van der Waals surface area (Å²) in [7, 11) is 0. The van der Waals surface area contributed by atoms with Crippen LogP contribution in [0.3, 0.4) is 0 Å². The molecule has 1 aromatic heterocycles. The molecule has 1 aliphatic rings. The van der Waals surface area contributed by atoms with Crippen molar-refractivity contribution >= 4 is 34.7 Å². The second kappa shape index (κ2) is 8.24. The largest absolute Gasteiger partial charge is 0.476 e. The zero-order valence-electron chi connectivity index (χ0n) is 15.5. The molecule has 2 aromatic rings. The molecule has 150 valence electrons. The van der Waals surface area contributed by atoms with Crippen LogP contribution in [0.15, 0.2) is 33.5 Å². The van der Waals surface area contributed by atoms with Gasteiger partial charge in [-0.3, -0.25) is 9.59 Å². The van der Waals surface area contributed by atoms with Crippen molar-refractivity contribution in [1.82, 2.24) is 0 Å². The smallest absolute Gasteiger partial charge is 0.336 e. The molecule has 28 heavy (non-hydrogen) atoms. The van der Waals surface area contributed by atoms with Gasteiger partial charge in [0.25, 0.3) is 0 Å². The third-order valence-corrected chi connectivity index (χ3v) is 5.42. The third-order valence-electron chi connectivity index (χ3n) is 4.20. The SMILES string of the molecule is CC(=O)O[C@@H]1[C@@H](O)[C@H](OC(C)=O)CS[C@H]1Oc1ccc2c(C)cc(=O)oc2c1. The molecule has 1 aromatic carbocycles. The predicted molar refractivity (Wildman–Crippen MR) is 101 cm³/mol. The van der Waals surface area contributed by atoms with E-state index in [1.165, 1.54) is 31.7 Å². The number of esters is 2. The van der Waals surface area contributed by atoms with E-state index in [9.17, 15) is 19.5 Å². The number of benzene rings is 1. The van der Waals surface area contributed by atoms with Crippen molar-refractivity contribution in [1.29, 1.82) is 0 Å². The van der Waals surface area contributed by atoms with E-state index in [-0.39, 0.29) is 5.75 Å². The summed E-state index contributed by atoms with van der Waals surface area (Å²) in [6, 6.07) is 6.43. The molecule has 9 heteroatoms. The Balaban J connectivity index is 1.85.